The first-order valence-corrected chi connectivity index (χ1v) is 9.75. The number of aromatic nitrogens is 6. The summed E-state index contributed by atoms with van der Waals surface area (Å²) < 4.78 is 1.81. The molecule has 1 aliphatic heterocycles. The van der Waals surface area contributed by atoms with Crippen LogP contribution >= 0.6 is 0 Å². The van der Waals surface area contributed by atoms with Crippen molar-refractivity contribution in [3.05, 3.63) is 36.4 Å². The molecular weight excluding hydrogens is 352 g/mol. The van der Waals surface area contributed by atoms with Crippen molar-refractivity contribution in [3.8, 4) is 11.3 Å². The normalized spacial score (nSPS) is 16.2. The largest absolute Gasteiger partial charge is 0.354 e. The molecule has 0 amide bonds. The summed E-state index contributed by atoms with van der Waals surface area (Å²) in [5.41, 5.74) is 4.47. The lowest BCUT2D eigenvalue weighted by Gasteiger charge is -2.28. The lowest BCUT2D eigenvalue weighted by molar-refractivity contribution is 0.226. The summed E-state index contributed by atoms with van der Waals surface area (Å²) in [4.78, 5) is 19.3. The number of piperidine rings is 1. The van der Waals surface area contributed by atoms with Gasteiger partial charge in [-0.15, -0.1) is 0 Å². The molecule has 0 radical (unpaired) electrons. The summed E-state index contributed by atoms with van der Waals surface area (Å²) in [6, 6.07) is 3.96. The summed E-state index contributed by atoms with van der Waals surface area (Å²) in [7, 11) is 2.18. The number of rotatable bonds is 4. The monoisotopic (exact) mass is 376 g/mol. The van der Waals surface area contributed by atoms with E-state index in [1.54, 1.807) is 0 Å². The minimum absolute atomic E-state index is 0.675. The van der Waals surface area contributed by atoms with Gasteiger partial charge in [0.25, 0.3) is 0 Å². The van der Waals surface area contributed by atoms with Crippen molar-refractivity contribution in [1.82, 2.24) is 34.4 Å². The average Bonchev–Trinajstić information content (AvgIpc) is 3.28. The Morgan fingerprint density at radius 2 is 2.07 bits per heavy atom. The molecule has 0 aromatic carbocycles. The number of nitrogens with zero attached hydrogens (tertiary/aromatic N) is 6. The molecule has 1 saturated heterocycles. The molecule has 0 atom stereocenters. The van der Waals surface area contributed by atoms with Gasteiger partial charge in [-0.3, -0.25) is 0 Å². The molecule has 0 unspecified atom stereocenters. The zero-order valence-corrected chi connectivity index (χ0v) is 16.2. The molecule has 0 aliphatic carbocycles. The van der Waals surface area contributed by atoms with Gasteiger partial charge in [0.1, 0.15) is 5.65 Å². The van der Waals surface area contributed by atoms with Gasteiger partial charge >= 0.3 is 0 Å². The molecule has 2 N–H and O–H groups in total. The van der Waals surface area contributed by atoms with Gasteiger partial charge in [0.05, 0.1) is 17.6 Å². The van der Waals surface area contributed by atoms with E-state index in [1.807, 2.05) is 42.2 Å². The fourth-order valence-corrected chi connectivity index (χ4v) is 3.85. The van der Waals surface area contributed by atoms with E-state index in [2.05, 4.69) is 42.3 Å². The minimum atomic E-state index is 0.675. The van der Waals surface area contributed by atoms with E-state index in [-0.39, 0.29) is 0 Å². The molecule has 0 saturated carbocycles. The van der Waals surface area contributed by atoms with Crippen LogP contribution in [0.2, 0.25) is 0 Å². The average molecular weight is 376 g/mol. The lowest BCUT2D eigenvalue weighted by Crippen LogP contribution is -2.33. The molecule has 8 heteroatoms. The van der Waals surface area contributed by atoms with Gasteiger partial charge in [0.15, 0.2) is 5.65 Å². The first kappa shape index (κ1) is 17.1. The summed E-state index contributed by atoms with van der Waals surface area (Å²) in [5, 5.41) is 9.05. The van der Waals surface area contributed by atoms with Crippen molar-refractivity contribution in [2.75, 3.05) is 32.0 Å². The van der Waals surface area contributed by atoms with Gasteiger partial charge in [0, 0.05) is 29.9 Å². The fourth-order valence-electron chi connectivity index (χ4n) is 3.85. The molecule has 4 aromatic rings. The molecule has 8 nitrogen and oxygen atoms in total. The van der Waals surface area contributed by atoms with Gasteiger partial charge in [0.2, 0.25) is 5.95 Å². The van der Waals surface area contributed by atoms with Crippen molar-refractivity contribution in [2.45, 2.75) is 19.8 Å². The van der Waals surface area contributed by atoms with Crippen LogP contribution in [-0.4, -0.2) is 61.1 Å². The summed E-state index contributed by atoms with van der Waals surface area (Å²) >= 11 is 0. The quantitative estimate of drug-likeness (QED) is 0.569. The minimum Gasteiger partial charge on any atom is -0.354 e. The van der Waals surface area contributed by atoms with Crippen molar-refractivity contribution >= 4 is 22.6 Å². The molecule has 4 aromatic heterocycles. The molecule has 1 fully saturated rings. The van der Waals surface area contributed by atoms with Crippen molar-refractivity contribution < 1.29 is 0 Å². The van der Waals surface area contributed by atoms with Gasteiger partial charge in [-0.2, -0.15) is 10.1 Å². The highest BCUT2D eigenvalue weighted by Crippen LogP contribution is 2.26. The number of imidazole rings is 1. The van der Waals surface area contributed by atoms with Crippen LogP contribution < -0.4 is 5.32 Å². The molecule has 1 aliphatic rings. The topological polar surface area (TPSA) is 87.0 Å². The van der Waals surface area contributed by atoms with E-state index in [0.29, 0.717) is 11.9 Å². The fraction of sp³-hybridized carbons (Fsp3) is 0.400. The van der Waals surface area contributed by atoms with Gasteiger partial charge < -0.3 is 15.2 Å². The Hall–Kier alpha value is -3.00. The predicted octanol–water partition coefficient (Wildman–Crippen LogP) is 2.73. The Balaban J connectivity index is 1.36. The van der Waals surface area contributed by atoms with E-state index in [9.17, 15) is 0 Å². The molecule has 144 valence electrons. The van der Waals surface area contributed by atoms with Crippen LogP contribution in [0, 0.1) is 12.8 Å². The van der Waals surface area contributed by atoms with Crippen molar-refractivity contribution in [2.24, 2.45) is 5.92 Å². The standard InChI is InChI=1S/C20H24N8/c1-13-12-28-18(24-13)4-3-17(26-28)15-10-21-19-16(15)11-23-20(25-19)22-9-14-5-7-27(2)8-6-14/h3-4,10-12,14H,5-9H2,1-2H3,(H2,21,22,23,25). The van der Waals surface area contributed by atoms with Crippen molar-refractivity contribution in [1.29, 1.82) is 0 Å². The Labute approximate surface area is 163 Å². The van der Waals surface area contributed by atoms with E-state index in [4.69, 9.17) is 0 Å². The van der Waals surface area contributed by atoms with Gasteiger partial charge in [-0.25, -0.2) is 14.5 Å². The van der Waals surface area contributed by atoms with Crippen LogP contribution in [0.15, 0.2) is 30.7 Å². The smallest absolute Gasteiger partial charge is 0.224 e. The zero-order valence-electron chi connectivity index (χ0n) is 16.2. The molecular formula is C20H24N8. The summed E-state index contributed by atoms with van der Waals surface area (Å²) in [6.07, 6.45) is 8.18. The number of likely N-dealkylation sites (tertiary alicyclic amines) is 1. The Bertz CT molecular complexity index is 1120. The second kappa shape index (κ2) is 6.87. The number of hydrogen-bond acceptors (Lipinski definition) is 6. The number of H-pyrrole nitrogens is 1. The first-order chi connectivity index (χ1) is 13.7. The van der Waals surface area contributed by atoms with Gasteiger partial charge in [-0.1, -0.05) is 0 Å². The number of nitrogens with one attached hydrogen (secondary N) is 2. The first-order valence-electron chi connectivity index (χ1n) is 9.75. The molecule has 28 heavy (non-hydrogen) atoms. The van der Waals surface area contributed by atoms with E-state index >= 15 is 0 Å². The molecule has 0 spiro atoms. The second-order valence-corrected chi connectivity index (χ2v) is 7.69. The predicted molar refractivity (Wildman–Crippen MR) is 109 cm³/mol. The third kappa shape index (κ3) is 3.20. The van der Waals surface area contributed by atoms with E-state index < -0.39 is 0 Å². The maximum atomic E-state index is 4.67. The summed E-state index contributed by atoms with van der Waals surface area (Å²) in [6.45, 7) is 5.22. The highest BCUT2D eigenvalue weighted by molar-refractivity contribution is 5.92. The SMILES string of the molecule is Cc1cn2nc(-c3c[nH]c4nc(NCC5CCN(C)CC5)ncc34)ccc2n1. The van der Waals surface area contributed by atoms with Crippen LogP contribution in [0.3, 0.4) is 0 Å². The van der Waals surface area contributed by atoms with Crippen LogP contribution in [0.1, 0.15) is 18.5 Å². The Kier molecular flexibility index (Phi) is 4.20. The van der Waals surface area contributed by atoms with Gasteiger partial charge in [-0.05, 0) is 58.0 Å². The van der Waals surface area contributed by atoms with E-state index in [0.717, 1.165) is 40.2 Å². The number of aromatic amines is 1. The summed E-state index contributed by atoms with van der Waals surface area (Å²) in [5.74, 6) is 1.36. The second-order valence-electron chi connectivity index (χ2n) is 7.69. The number of hydrogen-bond donors (Lipinski definition) is 2. The number of anilines is 1. The molecule has 5 rings (SSSR count). The maximum Gasteiger partial charge on any atom is 0.224 e. The maximum absolute atomic E-state index is 4.67. The van der Waals surface area contributed by atoms with Crippen LogP contribution in [0.25, 0.3) is 27.9 Å². The highest BCUT2D eigenvalue weighted by Gasteiger charge is 2.17. The van der Waals surface area contributed by atoms with Crippen LogP contribution in [0.4, 0.5) is 5.95 Å². The number of fused-ring (bicyclic) bond motifs is 2. The third-order valence-corrected chi connectivity index (χ3v) is 5.54. The number of aryl methyl sites for hydroxylation is 1. The van der Waals surface area contributed by atoms with E-state index in [1.165, 1.54) is 25.9 Å². The third-order valence-electron chi connectivity index (χ3n) is 5.54. The Morgan fingerprint density at radius 1 is 1.21 bits per heavy atom. The highest BCUT2D eigenvalue weighted by atomic mass is 15.2. The van der Waals surface area contributed by atoms with Crippen LogP contribution in [-0.2, 0) is 0 Å². The zero-order chi connectivity index (χ0) is 19.1. The molecule has 0 bridgehead atoms. The lowest BCUT2D eigenvalue weighted by atomic mass is 9.97. The van der Waals surface area contributed by atoms with Crippen LogP contribution in [0.5, 0.6) is 0 Å². The Morgan fingerprint density at radius 3 is 2.93 bits per heavy atom. The van der Waals surface area contributed by atoms with Crippen molar-refractivity contribution in [3.63, 3.8) is 0 Å². The molecule has 5 heterocycles.